The van der Waals surface area contributed by atoms with Gasteiger partial charge in [-0.1, -0.05) is 18.2 Å². The fraction of sp³-hybridized carbons (Fsp3) is 0.400. The molecule has 0 radical (unpaired) electrons. The average Bonchev–Trinajstić information content (AvgIpc) is 2.28. The van der Waals surface area contributed by atoms with Crippen LogP contribution < -0.4 is 10.2 Å². The molecule has 1 aromatic carbocycles. The van der Waals surface area contributed by atoms with Crippen molar-refractivity contribution < 1.29 is 0 Å². The molecule has 0 fully saturated rings. The summed E-state index contributed by atoms with van der Waals surface area (Å²) in [6, 6.07) is 6.77. The van der Waals surface area contributed by atoms with E-state index in [0.29, 0.717) is 6.04 Å². The number of aryl methyl sites for hydroxylation is 1. The number of anilines is 2. The van der Waals surface area contributed by atoms with Gasteiger partial charge in [0.05, 0.1) is 11.9 Å². The van der Waals surface area contributed by atoms with Gasteiger partial charge in [0, 0.05) is 30.9 Å². The van der Waals surface area contributed by atoms with Crippen LogP contribution >= 0.6 is 0 Å². The first-order valence-corrected chi connectivity index (χ1v) is 6.33. The van der Waals surface area contributed by atoms with E-state index < -0.39 is 0 Å². The molecule has 0 aliphatic rings. The van der Waals surface area contributed by atoms with Crippen LogP contribution in [0, 0.1) is 6.92 Å². The molecule has 0 aliphatic carbocycles. The van der Waals surface area contributed by atoms with Gasteiger partial charge in [0.15, 0.2) is 0 Å². The molecule has 0 saturated heterocycles. The van der Waals surface area contributed by atoms with Crippen molar-refractivity contribution in [3.63, 3.8) is 0 Å². The van der Waals surface area contributed by atoms with Crippen LogP contribution in [0.2, 0.25) is 0 Å². The van der Waals surface area contributed by atoms with Gasteiger partial charge in [-0.3, -0.25) is 0 Å². The van der Waals surface area contributed by atoms with E-state index in [2.05, 4.69) is 54.2 Å². The molecule has 0 spiro atoms. The Kier molecular flexibility index (Phi) is 3.41. The van der Waals surface area contributed by atoms with Gasteiger partial charge in [-0.25, -0.2) is 4.98 Å². The molecule has 0 aliphatic heterocycles. The summed E-state index contributed by atoms with van der Waals surface area (Å²) >= 11 is 0. The minimum absolute atomic E-state index is 0.403. The summed E-state index contributed by atoms with van der Waals surface area (Å²) in [4.78, 5) is 6.62. The Labute approximate surface area is 109 Å². The molecule has 1 heterocycles. The van der Waals surface area contributed by atoms with Crippen molar-refractivity contribution in [2.75, 3.05) is 24.3 Å². The Bertz CT molecular complexity index is 559. The zero-order valence-corrected chi connectivity index (χ0v) is 11.8. The first-order valence-electron chi connectivity index (χ1n) is 6.33. The summed E-state index contributed by atoms with van der Waals surface area (Å²) in [5.41, 5.74) is 2.39. The van der Waals surface area contributed by atoms with Gasteiger partial charge < -0.3 is 10.2 Å². The van der Waals surface area contributed by atoms with Crippen LogP contribution in [0.4, 0.5) is 11.5 Å². The van der Waals surface area contributed by atoms with Gasteiger partial charge in [0.25, 0.3) is 0 Å². The summed E-state index contributed by atoms with van der Waals surface area (Å²) in [5.74, 6) is 1.02. The molecule has 0 unspecified atom stereocenters. The Morgan fingerprint density at radius 1 is 1.22 bits per heavy atom. The summed E-state index contributed by atoms with van der Waals surface area (Å²) in [5, 5.41) is 5.94. The molecule has 1 N–H and O–H groups in total. The zero-order chi connectivity index (χ0) is 13.3. The lowest BCUT2D eigenvalue weighted by molar-refractivity contribution is 0.899. The predicted octanol–water partition coefficient (Wildman–Crippen LogP) is 3.43. The average molecular weight is 243 g/mol. The summed E-state index contributed by atoms with van der Waals surface area (Å²) in [6.07, 6.45) is 1.94. The van der Waals surface area contributed by atoms with E-state index in [9.17, 15) is 0 Å². The SMILES string of the molecule is Cc1cccc2c(N(C)C)ncc(NC(C)C)c12. The number of rotatable bonds is 3. The first-order chi connectivity index (χ1) is 8.50. The minimum atomic E-state index is 0.403. The lowest BCUT2D eigenvalue weighted by Gasteiger charge is -2.19. The second-order valence-electron chi connectivity index (χ2n) is 5.19. The van der Waals surface area contributed by atoms with Crippen LogP contribution in [0.3, 0.4) is 0 Å². The Morgan fingerprint density at radius 3 is 2.56 bits per heavy atom. The molecule has 0 atom stereocenters. The highest BCUT2D eigenvalue weighted by Crippen LogP contribution is 2.32. The molecule has 0 bridgehead atoms. The third kappa shape index (κ3) is 2.26. The van der Waals surface area contributed by atoms with Gasteiger partial charge in [0.2, 0.25) is 0 Å². The highest BCUT2D eigenvalue weighted by molar-refractivity contribution is 6.02. The van der Waals surface area contributed by atoms with E-state index in [1.165, 1.54) is 16.3 Å². The van der Waals surface area contributed by atoms with Crippen molar-refractivity contribution in [2.45, 2.75) is 26.8 Å². The predicted molar refractivity (Wildman–Crippen MR) is 79.6 cm³/mol. The van der Waals surface area contributed by atoms with Crippen LogP contribution in [-0.2, 0) is 0 Å². The van der Waals surface area contributed by atoms with Gasteiger partial charge in [-0.2, -0.15) is 0 Å². The molecule has 96 valence electrons. The Balaban J connectivity index is 2.72. The maximum absolute atomic E-state index is 4.56. The van der Waals surface area contributed by atoms with Gasteiger partial charge >= 0.3 is 0 Å². The molecule has 1 aromatic heterocycles. The summed E-state index contributed by atoms with van der Waals surface area (Å²) in [7, 11) is 4.05. The number of nitrogens with one attached hydrogen (secondary N) is 1. The number of fused-ring (bicyclic) bond motifs is 1. The summed E-state index contributed by atoms with van der Waals surface area (Å²) < 4.78 is 0. The third-order valence-corrected chi connectivity index (χ3v) is 2.97. The summed E-state index contributed by atoms with van der Waals surface area (Å²) in [6.45, 7) is 6.43. The fourth-order valence-electron chi connectivity index (χ4n) is 2.25. The third-order valence-electron chi connectivity index (χ3n) is 2.97. The van der Waals surface area contributed by atoms with E-state index >= 15 is 0 Å². The largest absolute Gasteiger partial charge is 0.381 e. The van der Waals surface area contributed by atoms with Crippen LogP contribution in [0.15, 0.2) is 24.4 Å². The quantitative estimate of drug-likeness (QED) is 0.895. The number of hydrogen-bond donors (Lipinski definition) is 1. The van der Waals surface area contributed by atoms with Crippen molar-refractivity contribution in [3.8, 4) is 0 Å². The van der Waals surface area contributed by atoms with Gasteiger partial charge in [0.1, 0.15) is 5.82 Å². The van der Waals surface area contributed by atoms with Crippen molar-refractivity contribution in [2.24, 2.45) is 0 Å². The fourth-order valence-corrected chi connectivity index (χ4v) is 2.25. The molecule has 2 rings (SSSR count). The number of nitrogens with zero attached hydrogens (tertiary/aromatic N) is 2. The normalized spacial score (nSPS) is 11.0. The van der Waals surface area contributed by atoms with E-state index in [-0.39, 0.29) is 0 Å². The minimum Gasteiger partial charge on any atom is -0.381 e. The maximum Gasteiger partial charge on any atom is 0.136 e. The highest BCUT2D eigenvalue weighted by atomic mass is 15.1. The van der Waals surface area contributed by atoms with Crippen LogP contribution in [-0.4, -0.2) is 25.1 Å². The number of benzene rings is 1. The zero-order valence-electron chi connectivity index (χ0n) is 11.8. The van der Waals surface area contributed by atoms with Gasteiger partial charge in [-0.15, -0.1) is 0 Å². The molecule has 0 saturated carbocycles. The molecular formula is C15H21N3. The first kappa shape index (κ1) is 12.7. The molecular weight excluding hydrogens is 222 g/mol. The van der Waals surface area contributed by atoms with E-state index in [1.54, 1.807) is 0 Å². The van der Waals surface area contributed by atoms with E-state index in [4.69, 9.17) is 0 Å². The van der Waals surface area contributed by atoms with Crippen molar-refractivity contribution >= 4 is 22.3 Å². The standard InChI is InChI=1S/C15H21N3/c1-10(2)17-13-9-16-15(18(4)5)12-8-6-7-11(3)14(12)13/h6-10,17H,1-5H3. The highest BCUT2D eigenvalue weighted by Gasteiger charge is 2.11. The molecule has 2 aromatic rings. The van der Waals surface area contributed by atoms with Crippen molar-refractivity contribution in [1.82, 2.24) is 4.98 Å². The van der Waals surface area contributed by atoms with Crippen LogP contribution in [0.1, 0.15) is 19.4 Å². The van der Waals surface area contributed by atoms with Gasteiger partial charge in [-0.05, 0) is 26.3 Å². The smallest absolute Gasteiger partial charge is 0.136 e. The molecule has 3 heteroatoms. The molecule has 3 nitrogen and oxygen atoms in total. The van der Waals surface area contributed by atoms with E-state index in [0.717, 1.165) is 11.5 Å². The molecule has 0 amide bonds. The number of aromatic nitrogens is 1. The molecule has 18 heavy (non-hydrogen) atoms. The second kappa shape index (κ2) is 4.84. The second-order valence-corrected chi connectivity index (χ2v) is 5.19. The Hall–Kier alpha value is -1.77. The lowest BCUT2D eigenvalue weighted by atomic mass is 10.0. The van der Waals surface area contributed by atoms with Crippen molar-refractivity contribution in [3.05, 3.63) is 30.0 Å². The maximum atomic E-state index is 4.56. The topological polar surface area (TPSA) is 28.2 Å². The number of pyridine rings is 1. The monoisotopic (exact) mass is 243 g/mol. The Morgan fingerprint density at radius 2 is 1.94 bits per heavy atom. The van der Waals surface area contributed by atoms with Crippen molar-refractivity contribution in [1.29, 1.82) is 0 Å². The van der Waals surface area contributed by atoms with E-state index in [1.807, 2.05) is 20.3 Å². The lowest BCUT2D eigenvalue weighted by Crippen LogP contribution is -2.14. The van der Waals surface area contributed by atoms with Crippen LogP contribution in [0.25, 0.3) is 10.8 Å². The number of hydrogen-bond acceptors (Lipinski definition) is 3. The van der Waals surface area contributed by atoms with Crippen LogP contribution in [0.5, 0.6) is 0 Å².